The quantitative estimate of drug-likeness (QED) is 0.425. The number of hydrogen-bond donors (Lipinski definition) is 0. The van der Waals surface area contributed by atoms with Gasteiger partial charge >= 0.3 is 11.9 Å². The molecule has 0 spiro atoms. The number of carbonyl (C=O) groups is 2. The van der Waals surface area contributed by atoms with Crippen LogP contribution in [0.15, 0.2) is 12.4 Å². The number of rotatable bonds is 0. The summed E-state index contributed by atoms with van der Waals surface area (Å²) in [5.41, 5.74) is 0. The Balaban J connectivity index is 0. The van der Waals surface area contributed by atoms with E-state index in [2.05, 4.69) is 4.74 Å². The molecule has 0 aliphatic rings. The SMILES string of the molecule is CC(=O)OC(C)=O.FC=C(F)F. The molecule has 0 aromatic rings. The fourth-order valence-electron chi connectivity index (χ4n) is 0.202. The Bertz CT molecular complexity index is 172. The van der Waals surface area contributed by atoms with E-state index < -0.39 is 24.3 Å². The van der Waals surface area contributed by atoms with Gasteiger partial charge in [0.05, 0.1) is 0 Å². The van der Waals surface area contributed by atoms with Crippen LogP contribution in [-0.4, -0.2) is 11.9 Å². The summed E-state index contributed by atoms with van der Waals surface area (Å²) in [6.07, 6.45) is -3.04. The minimum atomic E-state index is -2.29. The van der Waals surface area contributed by atoms with Gasteiger partial charge in [-0.25, -0.2) is 4.39 Å². The Hall–Kier alpha value is -1.33. The Morgan fingerprint density at radius 3 is 1.42 bits per heavy atom. The summed E-state index contributed by atoms with van der Waals surface area (Å²) in [4.78, 5) is 19.6. The van der Waals surface area contributed by atoms with Crippen molar-refractivity contribution < 1.29 is 27.5 Å². The van der Waals surface area contributed by atoms with Crippen LogP contribution in [0.25, 0.3) is 0 Å². The highest BCUT2D eigenvalue weighted by Gasteiger charge is 1.93. The van der Waals surface area contributed by atoms with Gasteiger partial charge in [0.15, 0.2) is 6.33 Å². The first-order chi connectivity index (χ1) is 5.40. The summed E-state index contributed by atoms with van der Waals surface area (Å²) in [6, 6.07) is 0. The molecule has 0 saturated heterocycles. The maximum atomic E-state index is 10.2. The molecular formula is C6H7F3O3. The van der Waals surface area contributed by atoms with E-state index in [0.717, 1.165) is 0 Å². The van der Waals surface area contributed by atoms with Crippen LogP contribution < -0.4 is 0 Å². The van der Waals surface area contributed by atoms with Gasteiger partial charge in [0.25, 0.3) is 6.08 Å². The number of halogens is 3. The second kappa shape index (κ2) is 7.77. The maximum absolute atomic E-state index is 10.2. The summed E-state index contributed by atoms with van der Waals surface area (Å²) in [5.74, 6) is -1.12. The summed E-state index contributed by atoms with van der Waals surface area (Å²) >= 11 is 0. The van der Waals surface area contributed by atoms with Crippen molar-refractivity contribution in [3.8, 4) is 0 Å². The van der Waals surface area contributed by atoms with E-state index in [1.807, 2.05) is 0 Å². The minimum Gasteiger partial charge on any atom is -0.394 e. The lowest BCUT2D eigenvalue weighted by atomic mass is 10.7. The Morgan fingerprint density at radius 1 is 1.17 bits per heavy atom. The highest BCUT2D eigenvalue weighted by molar-refractivity contribution is 5.82. The molecule has 12 heavy (non-hydrogen) atoms. The molecule has 0 saturated carbocycles. The molecule has 0 aromatic carbocycles. The molecule has 0 rings (SSSR count). The molecule has 0 unspecified atom stereocenters. The van der Waals surface area contributed by atoms with E-state index in [0.29, 0.717) is 0 Å². The van der Waals surface area contributed by atoms with Crippen molar-refractivity contribution in [2.24, 2.45) is 0 Å². The van der Waals surface area contributed by atoms with Crippen molar-refractivity contribution in [3.05, 3.63) is 12.4 Å². The van der Waals surface area contributed by atoms with Gasteiger partial charge < -0.3 is 4.74 Å². The number of carbonyl (C=O) groups excluding carboxylic acids is 2. The zero-order valence-corrected chi connectivity index (χ0v) is 6.44. The number of ether oxygens (including phenoxy) is 1. The molecule has 0 amide bonds. The lowest BCUT2D eigenvalue weighted by Gasteiger charge is -1.87. The second-order valence-electron chi connectivity index (χ2n) is 1.48. The lowest BCUT2D eigenvalue weighted by molar-refractivity contribution is -0.156. The summed E-state index contributed by atoms with van der Waals surface area (Å²) in [5, 5.41) is 0. The van der Waals surface area contributed by atoms with Crippen molar-refractivity contribution >= 4 is 11.9 Å². The number of hydrogen-bond acceptors (Lipinski definition) is 3. The fourth-order valence-corrected chi connectivity index (χ4v) is 0.202. The summed E-state index contributed by atoms with van der Waals surface area (Å²) in [7, 11) is 0. The zero-order valence-electron chi connectivity index (χ0n) is 6.44. The molecule has 0 N–H and O–H groups in total. The number of esters is 2. The maximum Gasteiger partial charge on any atom is 0.310 e. The monoisotopic (exact) mass is 184 g/mol. The van der Waals surface area contributed by atoms with Crippen LogP contribution in [0, 0.1) is 0 Å². The van der Waals surface area contributed by atoms with Crippen LogP contribution in [-0.2, 0) is 14.3 Å². The van der Waals surface area contributed by atoms with Crippen LogP contribution in [0.1, 0.15) is 13.8 Å². The predicted molar refractivity (Wildman–Crippen MR) is 33.9 cm³/mol. The van der Waals surface area contributed by atoms with Gasteiger partial charge in [-0.15, -0.1) is 0 Å². The average molecular weight is 184 g/mol. The van der Waals surface area contributed by atoms with Gasteiger partial charge in [-0.05, 0) is 0 Å². The van der Waals surface area contributed by atoms with Gasteiger partial charge in [0, 0.05) is 13.8 Å². The highest BCUT2D eigenvalue weighted by atomic mass is 19.3. The minimum absolute atomic E-state index is 0.562. The fraction of sp³-hybridized carbons (Fsp3) is 0.333. The van der Waals surface area contributed by atoms with Crippen LogP contribution in [0.2, 0.25) is 0 Å². The van der Waals surface area contributed by atoms with E-state index in [-0.39, 0.29) is 0 Å². The zero-order chi connectivity index (χ0) is 10.1. The van der Waals surface area contributed by atoms with E-state index in [1.54, 1.807) is 0 Å². The third-order valence-corrected chi connectivity index (χ3v) is 0.370. The predicted octanol–water partition coefficient (Wildman–Crippen LogP) is 1.79. The van der Waals surface area contributed by atoms with Crippen LogP contribution in [0.4, 0.5) is 13.2 Å². The average Bonchev–Trinajstić information content (AvgIpc) is 1.85. The topological polar surface area (TPSA) is 43.4 Å². The summed E-state index contributed by atoms with van der Waals surface area (Å²) < 4.78 is 34.7. The Kier molecular flexibility index (Phi) is 8.60. The standard InChI is InChI=1S/C4H6O3.C2HF3/c1-3(5)7-4(2)6;3-1-2(4)5/h1-2H3;1H. The molecule has 0 aliphatic carbocycles. The second-order valence-corrected chi connectivity index (χ2v) is 1.48. The van der Waals surface area contributed by atoms with E-state index >= 15 is 0 Å². The third-order valence-electron chi connectivity index (χ3n) is 0.370. The molecule has 70 valence electrons. The van der Waals surface area contributed by atoms with Gasteiger partial charge in [-0.2, -0.15) is 8.78 Å². The molecule has 3 nitrogen and oxygen atoms in total. The third kappa shape index (κ3) is 23.4. The lowest BCUT2D eigenvalue weighted by Crippen LogP contribution is -2.03. The van der Waals surface area contributed by atoms with Gasteiger partial charge in [-0.1, -0.05) is 0 Å². The summed E-state index contributed by atoms with van der Waals surface area (Å²) in [6.45, 7) is 2.36. The van der Waals surface area contributed by atoms with E-state index in [1.165, 1.54) is 13.8 Å². The molecule has 0 aromatic heterocycles. The molecule has 0 atom stereocenters. The van der Waals surface area contributed by atoms with Crippen LogP contribution >= 0.6 is 0 Å². The molecule has 0 heterocycles. The van der Waals surface area contributed by atoms with Crippen molar-refractivity contribution in [2.75, 3.05) is 0 Å². The van der Waals surface area contributed by atoms with Gasteiger partial charge in [0.2, 0.25) is 0 Å². The first kappa shape index (κ1) is 13.3. The van der Waals surface area contributed by atoms with Gasteiger partial charge in [0.1, 0.15) is 0 Å². The van der Waals surface area contributed by atoms with Crippen molar-refractivity contribution in [3.63, 3.8) is 0 Å². The normalized spacial score (nSPS) is 7.42. The molecular weight excluding hydrogens is 177 g/mol. The van der Waals surface area contributed by atoms with Crippen molar-refractivity contribution in [2.45, 2.75) is 13.8 Å². The van der Waals surface area contributed by atoms with E-state index in [9.17, 15) is 22.8 Å². The molecule has 0 radical (unpaired) electrons. The van der Waals surface area contributed by atoms with Crippen molar-refractivity contribution in [1.29, 1.82) is 0 Å². The smallest absolute Gasteiger partial charge is 0.310 e. The Morgan fingerprint density at radius 2 is 1.42 bits per heavy atom. The molecule has 6 heteroatoms. The van der Waals surface area contributed by atoms with Crippen LogP contribution in [0.3, 0.4) is 0 Å². The highest BCUT2D eigenvalue weighted by Crippen LogP contribution is 1.93. The first-order valence-corrected chi connectivity index (χ1v) is 2.70. The van der Waals surface area contributed by atoms with E-state index in [4.69, 9.17) is 0 Å². The largest absolute Gasteiger partial charge is 0.394 e. The Labute approximate surface area is 66.8 Å². The van der Waals surface area contributed by atoms with Gasteiger partial charge in [-0.3, -0.25) is 9.59 Å². The van der Waals surface area contributed by atoms with Crippen LogP contribution in [0.5, 0.6) is 0 Å². The molecule has 0 aliphatic heterocycles. The molecule has 0 bridgehead atoms. The van der Waals surface area contributed by atoms with Crippen molar-refractivity contribution in [1.82, 2.24) is 0 Å². The first-order valence-electron chi connectivity index (χ1n) is 2.70. The molecule has 0 fully saturated rings.